The van der Waals surface area contributed by atoms with E-state index in [4.69, 9.17) is 4.42 Å². The van der Waals surface area contributed by atoms with Crippen LogP contribution in [-0.4, -0.2) is 11.8 Å². The lowest BCUT2D eigenvalue weighted by atomic mass is 9.90. The van der Waals surface area contributed by atoms with E-state index < -0.39 is 0 Å². The quantitative estimate of drug-likeness (QED) is 0.836. The predicted molar refractivity (Wildman–Crippen MR) is 83.9 cm³/mol. The topological polar surface area (TPSA) is 71.3 Å². The van der Waals surface area contributed by atoms with Crippen molar-refractivity contribution in [3.63, 3.8) is 0 Å². The van der Waals surface area contributed by atoms with Crippen LogP contribution in [0.4, 0.5) is 0 Å². The monoisotopic (exact) mass is 318 g/mol. The van der Waals surface area contributed by atoms with Crippen molar-refractivity contribution in [2.75, 3.05) is 0 Å². The zero-order chi connectivity index (χ0) is 15.7. The first kappa shape index (κ1) is 14.8. The van der Waals surface area contributed by atoms with Crippen LogP contribution in [0.25, 0.3) is 0 Å². The first-order chi connectivity index (χ1) is 10.5. The molecule has 0 bridgehead atoms. The summed E-state index contributed by atoms with van der Waals surface area (Å²) in [5.74, 6) is 0.533. The summed E-state index contributed by atoms with van der Waals surface area (Å²) in [6.07, 6.45) is 4.68. The highest BCUT2D eigenvalue weighted by atomic mass is 32.1. The number of aryl methyl sites for hydroxylation is 2. The Morgan fingerprint density at radius 2 is 2.09 bits per heavy atom. The summed E-state index contributed by atoms with van der Waals surface area (Å²) in [5, 5.41) is 0. The summed E-state index contributed by atoms with van der Waals surface area (Å²) in [6, 6.07) is 3.52. The van der Waals surface area contributed by atoms with Gasteiger partial charge in [-0.1, -0.05) is 6.92 Å². The van der Waals surface area contributed by atoms with E-state index in [2.05, 4.69) is 17.8 Å². The van der Waals surface area contributed by atoms with Gasteiger partial charge in [-0.05, 0) is 49.8 Å². The first-order valence-corrected chi connectivity index (χ1v) is 8.12. The second-order valence-corrected chi connectivity index (χ2v) is 6.84. The molecule has 0 saturated carbocycles. The van der Waals surface area contributed by atoms with Gasteiger partial charge < -0.3 is 4.42 Å². The lowest BCUT2D eigenvalue weighted by Crippen LogP contribution is -2.41. The molecule has 2 N–H and O–H groups in total. The zero-order valence-electron chi connectivity index (χ0n) is 12.6. The van der Waals surface area contributed by atoms with Gasteiger partial charge in [-0.25, -0.2) is 0 Å². The Bertz CT molecular complexity index is 717. The van der Waals surface area contributed by atoms with Crippen molar-refractivity contribution < 1.29 is 14.0 Å². The standard InChI is InChI=1S/C16H18N2O3S/c1-9-3-4-13-11(7-9)8-14(22-13)16(20)18-17-15(19)12-5-6-21-10(12)2/h5-6,8-9H,3-4,7H2,1-2H3,(H,17,19)(H,18,20)/t9-/m0/s1. The van der Waals surface area contributed by atoms with Crippen molar-refractivity contribution in [1.82, 2.24) is 10.9 Å². The molecule has 0 aromatic carbocycles. The third kappa shape index (κ3) is 2.92. The fraction of sp³-hybridized carbons (Fsp3) is 0.375. The predicted octanol–water partition coefficient (Wildman–Crippen LogP) is 2.85. The maximum atomic E-state index is 12.2. The lowest BCUT2D eigenvalue weighted by molar-refractivity contribution is 0.0848. The van der Waals surface area contributed by atoms with E-state index in [1.807, 2.05) is 6.07 Å². The van der Waals surface area contributed by atoms with Crippen LogP contribution in [0.2, 0.25) is 0 Å². The van der Waals surface area contributed by atoms with E-state index in [1.54, 1.807) is 13.0 Å². The summed E-state index contributed by atoms with van der Waals surface area (Å²) in [6.45, 7) is 3.93. The van der Waals surface area contributed by atoms with Crippen molar-refractivity contribution in [3.8, 4) is 0 Å². The average molecular weight is 318 g/mol. The lowest BCUT2D eigenvalue weighted by Gasteiger charge is -2.16. The van der Waals surface area contributed by atoms with E-state index >= 15 is 0 Å². The van der Waals surface area contributed by atoms with Crippen LogP contribution in [0.1, 0.15) is 49.6 Å². The number of hydrazine groups is 1. The molecule has 5 nitrogen and oxygen atoms in total. The number of furan rings is 1. The molecule has 0 spiro atoms. The molecule has 0 saturated heterocycles. The largest absolute Gasteiger partial charge is 0.469 e. The van der Waals surface area contributed by atoms with Gasteiger partial charge in [0.1, 0.15) is 5.76 Å². The zero-order valence-corrected chi connectivity index (χ0v) is 13.4. The number of hydrogen-bond acceptors (Lipinski definition) is 4. The fourth-order valence-electron chi connectivity index (χ4n) is 2.68. The number of nitrogens with one attached hydrogen (secondary N) is 2. The van der Waals surface area contributed by atoms with Crippen molar-refractivity contribution in [2.45, 2.75) is 33.1 Å². The minimum Gasteiger partial charge on any atom is -0.469 e. The van der Waals surface area contributed by atoms with Gasteiger partial charge >= 0.3 is 0 Å². The Balaban J connectivity index is 1.63. The minimum absolute atomic E-state index is 0.276. The molecule has 2 aromatic rings. The third-order valence-corrected chi connectivity index (χ3v) is 5.18. The molecule has 1 aliphatic carbocycles. The molecule has 1 atom stereocenters. The SMILES string of the molecule is Cc1occc1C(=O)NNC(=O)c1cc2c(s1)CC[C@H](C)C2. The number of amides is 2. The molecule has 2 amide bonds. The van der Waals surface area contributed by atoms with Gasteiger partial charge in [0.25, 0.3) is 11.8 Å². The smallest absolute Gasteiger partial charge is 0.279 e. The molecule has 3 rings (SSSR count). The number of hydrogen-bond donors (Lipinski definition) is 2. The molecular formula is C16H18N2O3S. The minimum atomic E-state index is -0.380. The highest BCUT2D eigenvalue weighted by Gasteiger charge is 2.21. The van der Waals surface area contributed by atoms with Crippen molar-refractivity contribution in [3.05, 3.63) is 45.0 Å². The van der Waals surface area contributed by atoms with Crippen LogP contribution in [0.5, 0.6) is 0 Å². The van der Waals surface area contributed by atoms with Crippen molar-refractivity contribution in [2.24, 2.45) is 5.92 Å². The molecule has 0 fully saturated rings. The second-order valence-electron chi connectivity index (χ2n) is 5.71. The summed E-state index contributed by atoms with van der Waals surface area (Å²) in [7, 11) is 0. The van der Waals surface area contributed by atoms with E-state index in [-0.39, 0.29) is 11.8 Å². The van der Waals surface area contributed by atoms with Crippen molar-refractivity contribution in [1.29, 1.82) is 0 Å². The van der Waals surface area contributed by atoms with E-state index in [9.17, 15) is 9.59 Å². The highest BCUT2D eigenvalue weighted by molar-refractivity contribution is 7.14. The molecule has 1 aliphatic rings. The van der Waals surface area contributed by atoms with E-state index in [0.717, 1.165) is 12.8 Å². The van der Waals surface area contributed by atoms with Crippen LogP contribution >= 0.6 is 11.3 Å². The number of rotatable bonds is 2. The summed E-state index contributed by atoms with van der Waals surface area (Å²) < 4.78 is 5.07. The first-order valence-electron chi connectivity index (χ1n) is 7.31. The van der Waals surface area contributed by atoms with Gasteiger partial charge in [-0.2, -0.15) is 0 Å². The molecule has 0 aliphatic heterocycles. The number of carbonyl (C=O) groups is 2. The molecule has 116 valence electrons. The van der Waals surface area contributed by atoms with Gasteiger partial charge in [-0.15, -0.1) is 11.3 Å². The maximum absolute atomic E-state index is 12.2. The van der Waals surface area contributed by atoms with Gasteiger partial charge in [0.2, 0.25) is 0 Å². The van der Waals surface area contributed by atoms with Gasteiger partial charge in [-0.3, -0.25) is 20.4 Å². The van der Waals surface area contributed by atoms with Crippen LogP contribution in [0.3, 0.4) is 0 Å². The molecule has 2 aromatic heterocycles. The second kappa shape index (κ2) is 5.96. The number of thiophene rings is 1. The van der Waals surface area contributed by atoms with Crippen LogP contribution in [0, 0.1) is 12.8 Å². The summed E-state index contributed by atoms with van der Waals surface area (Å²) >= 11 is 1.52. The molecule has 0 radical (unpaired) electrons. The summed E-state index contributed by atoms with van der Waals surface area (Å²) in [4.78, 5) is 26.0. The molecule has 6 heteroatoms. The number of carbonyl (C=O) groups excluding carboxylic acids is 2. The summed E-state index contributed by atoms with van der Waals surface area (Å²) in [5.41, 5.74) is 6.57. The normalized spacial score (nSPS) is 16.9. The van der Waals surface area contributed by atoms with Crippen LogP contribution in [-0.2, 0) is 12.8 Å². The average Bonchev–Trinajstić information content (AvgIpc) is 3.09. The van der Waals surface area contributed by atoms with E-state index in [1.165, 1.54) is 34.5 Å². The molecule has 0 unspecified atom stereocenters. The van der Waals surface area contributed by atoms with Gasteiger partial charge in [0, 0.05) is 4.88 Å². The Hall–Kier alpha value is -2.08. The van der Waals surface area contributed by atoms with Gasteiger partial charge in [0.05, 0.1) is 16.7 Å². The Morgan fingerprint density at radius 1 is 1.32 bits per heavy atom. The molecule has 2 heterocycles. The van der Waals surface area contributed by atoms with Crippen LogP contribution in [0.15, 0.2) is 22.8 Å². The third-order valence-electron chi connectivity index (χ3n) is 3.95. The number of fused-ring (bicyclic) bond motifs is 1. The maximum Gasteiger partial charge on any atom is 0.279 e. The fourth-order valence-corrected chi connectivity index (χ4v) is 3.78. The Kier molecular flexibility index (Phi) is 4.02. The van der Waals surface area contributed by atoms with Crippen molar-refractivity contribution >= 4 is 23.2 Å². The Morgan fingerprint density at radius 3 is 2.82 bits per heavy atom. The van der Waals surface area contributed by atoms with Gasteiger partial charge in [0.15, 0.2) is 0 Å². The highest BCUT2D eigenvalue weighted by Crippen LogP contribution is 2.32. The van der Waals surface area contributed by atoms with Crippen LogP contribution < -0.4 is 10.9 Å². The van der Waals surface area contributed by atoms with E-state index in [0.29, 0.717) is 22.1 Å². The Labute approximate surface area is 132 Å². The molecule has 22 heavy (non-hydrogen) atoms. The molecular weight excluding hydrogens is 300 g/mol.